The van der Waals surface area contributed by atoms with Crippen LogP contribution in [0.4, 0.5) is 5.82 Å². The number of hydrogen-bond acceptors (Lipinski definition) is 8. The predicted molar refractivity (Wildman–Crippen MR) is 212 cm³/mol. The maximum absolute atomic E-state index is 14.3. The number of carbonyl (C=O) groups is 5. The normalized spacial score (nSPS) is 20.5. The van der Waals surface area contributed by atoms with E-state index in [1.54, 1.807) is 6.92 Å². The van der Waals surface area contributed by atoms with E-state index in [2.05, 4.69) is 36.4 Å². The topological polar surface area (TPSA) is 187 Å². The van der Waals surface area contributed by atoms with E-state index in [9.17, 15) is 34.2 Å². The molecule has 5 N–H and O–H groups in total. The van der Waals surface area contributed by atoms with Gasteiger partial charge in [-0.3, -0.25) is 9.59 Å². The minimum absolute atomic E-state index is 0.0476. The highest BCUT2D eigenvalue weighted by Crippen LogP contribution is 2.40. The summed E-state index contributed by atoms with van der Waals surface area (Å²) in [6, 6.07) is 13.5. The Kier molecular flexibility index (Phi) is 12.9. The van der Waals surface area contributed by atoms with Crippen LogP contribution in [0.25, 0.3) is 5.57 Å². The van der Waals surface area contributed by atoms with Crippen LogP contribution >= 0.6 is 11.8 Å². The Morgan fingerprint density at radius 3 is 2.07 bits per heavy atom. The molecule has 2 atom stereocenters. The van der Waals surface area contributed by atoms with Crippen LogP contribution in [0.1, 0.15) is 103 Å². The number of amides is 2. The van der Waals surface area contributed by atoms with Crippen molar-refractivity contribution < 1.29 is 38.9 Å². The first-order valence-electron chi connectivity index (χ1n) is 18.4. The molecular formula is C42H48N4O8S. The van der Waals surface area contributed by atoms with Crippen molar-refractivity contribution in [2.75, 3.05) is 11.1 Å². The monoisotopic (exact) mass is 768 g/mol. The van der Waals surface area contributed by atoms with Crippen molar-refractivity contribution in [3.8, 4) is 0 Å². The number of amidine groups is 1. The maximum Gasteiger partial charge on any atom is 0.342 e. The Labute approximate surface area is 324 Å². The summed E-state index contributed by atoms with van der Waals surface area (Å²) in [5.41, 5.74) is 4.79. The first-order valence-corrected chi connectivity index (χ1v) is 19.4. The van der Waals surface area contributed by atoms with E-state index < -0.39 is 23.8 Å². The van der Waals surface area contributed by atoms with Gasteiger partial charge in [0, 0.05) is 23.8 Å². The molecule has 1 aliphatic carbocycles. The van der Waals surface area contributed by atoms with Crippen molar-refractivity contribution in [2.45, 2.75) is 85.1 Å². The summed E-state index contributed by atoms with van der Waals surface area (Å²) in [7, 11) is 0. The van der Waals surface area contributed by atoms with Gasteiger partial charge in [0.15, 0.2) is 0 Å². The van der Waals surface area contributed by atoms with Gasteiger partial charge in [0.05, 0.1) is 22.5 Å². The largest absolute Gasteiger partial charge is 0.478 e. The van der Waals surface area contributed by atoms with Gasteiger partial charge in [0.2, 0.25) is 11.8 Å². The number of allylic oxidation sites excluding steroid dienone is 1. The van der Waals surface area contributed by atoms with Gasteiger partial charge in [-0.05, 0) is 104 Å². The third-order valence-corrected chi connectivity index (χ3v) is 11.3. The van der Waals surface area contributed by atoms with Gasteiger partial charge in [-0.25, -0.2) is 19.4 Å². The molecule has 2 unspecified atom stereocenters. The third kappa shape index (κ3) is 9.45. The maximum atomic E-state index is 14.3. The molecule has 2 amide bonds. The van der Waals surface area contributed by atoms with Crippen LogP contribution in [0.2, 0.25) is 0 Å². The lowest BCUT2D eigenvalue weighted by Gasteiger charge is -2.37. The molecule has 290 valence electrons. The molecule has 0 radical (unpaired) electrons. The molecule has 1 fully saturated rings. The Bertz CT molecular complexity index is 2070. The van der Waals surface area contributed by atoms with Gasteiger partial charge >= 0.3 is 17.9 Å². The number of carbonyl (C=O) groups excluding carboxylic acids is 3. The number of carboxylic acid groups (broad SMARTS) is 2. The van der Waals surface area contributed by atoms with Crippen molar-refractivity contribution >= 4 is 58.7 Å². The van der Waals surface area contributed by atoms with Crippen molar-refractivity contribution in [3.63, 3.8) is 0 Å². The van der Waals surface area contributed by atoms with Crippen LogP contribution < -0.4 is 10.6 Å². The van der Waals surface area contributed by atoms with E-state index in [0.29, 0.717) is 51.3 Å². The Balaban J connectivity index is 1.49. The van der Waals surface area contributed by atoms with Crippen LogP contribution in [-0.2, 0) is 19.1 Å². The number of aromatic nitrogens is 1. The summed E-state index contributed by atoms with van der Waals surface area (Å²) < 4.78 is 6.27. The number of aromatic carboxylic acids is 2. The molecule has 2 aromatic carbocycles. The van der Waals surface area contributed by atoms with Gasteiger partial charge in [-0.15, -0.1) is 11.8 Å². The van der Waals surface area contributed by atoms with Gasteiger partial charge in [0.1, 0.15) is 23.3 Å². The minimum Gasteiger partial charge on any atom is -0.478 e. The molecule has 13 heteroatoms. The van der Waals surface area contributed by atoms with Crippen LogP contribution in [0, 0.1) is 31.6 Å². The fourth-order valence-electron chi connectivity index (χ4n) is 7.53. The summed E-state index contributed by atoms with van der Waals surface area (Å²) in [6.45, 7) is 13.5. The first-order chi connectivity index (χ1) is 26.0. The number of anilines is 1. The number of benzene rings is 2. The number of H-pyrrole nitrogens is 1. The molecule has 0 spiro atoms. The Morgan fingerprint density at radius 1 is 0.873 bits per heavy atom. The van der Waals surface area contributed by atoms with Crippen molar-refractivity contribution in [3.05, 3.63) is 98.9 Å². The Morgan fingerprint density at radius 2 is 1.49 bits per heavy atom. The average molecular weight is 769 g/mol. The number of aliphatic imine (C=N–C) groups is 1. The number of aromatic amines is 1. The lowest BCUT2D eigenvalue weighted by Crippen LogP contribution is -2.40. The SMILES string of the molecule is CC(=O)Nc1[nH]c(C(=C2N=C(NC(=O)CCCSc3cc(C(=O)O)cc(C(=O)O)c3)C(C(=O)OC3C(C)CC(C)CC3C)=C2C)c2ccccc2)c(C)c1C. The highest BCUT2D eigenvalue weighted by molar-refractivity contribution is 7.99. The quantitative estimate of drug-likeness (QED) is 0.0697. The summed E-state index contributed by atoms with van der Waals surface area (Å²) in [6.07, 6.45) is 1.96. The second-order valence-electron chi connectivity index (χ2n) is 14.6. The number of nitrogens with zero attached hydrogens (tertiary/aromatic N) is 1. The van der Waals surface area contributed by atoms with Crippen LogP contribution in [-0.4, -0.2) is 62.6 Å². The number of esters is 1. The molecule has 0 bridgehead atoms. The molecule has 0 saturated heterocycles. The minimum atomic E-state index is -1.24. The van der Waals surface area contributed by atoms with E-state index in [1.165, 1.54) is 30.8 Å². The number of nitrogens with one attached hydrogen (secondary N) is 3. The molecule has 55 heavy (non-hydrogen) atoms. The third-order valence-electron chi connectivity index (χ3n) is 10.2. The molecule has 12 nitrogen and oxygen atoms in total. The van der Waals surface area contributed by atoms with E-state index >= 15 is 0 Å². The number of ether oxygens (including phenoxy) is 1. The van der Waals surface area contributed by atoms with E-state index in [4.69, 9.17) is 9.73 Å². The fraction of sp³-hybridized carbons (Fsp3) is 0.381. The van der Waals surface area contributed by atoms with Gasteiger partial charge in [-0.2, -0.15) is 0 Å². The lowest BCUT2D eigenvalue weighted by atomic mass is 9.75. The molecule has 1 saturated carbocycles. The van der Waals surface area contributed by atoms with Gasteiger partial charge in [-0.1, -0.05) is 51.1 Å². The second-order valence-corrected chi connectivity index (χ2v) is 15.8. The Hall–Kier alpha value is -5.43. The summed E-state index contributed by atoms with van der Waals surface area (Å²) in [4.78, 5) is 71.7. The van der Waals surface area contributed by atoms with Crippen molar-refractivity contribution in [1.29, 1.82) is 0 Å². The summed E-state index contributed by atoms with van der Waals surface area (Å²) in [5.74, 6) is -1.83. The smallest absolute Gasteiger partial charge is 0.342 e. The lowest BCUT2D eigenvalue weighted by molar-refractivity contribution is -0.152. The van der Waals surface area contributed by atoms with Gasteiger partial charge < -0.3 is 30.6 Å². The number of thioether (sulfide) groups is 1. The number of rotatable bonds is 12. The van der Waals surface area contributed by atoms with E-state index in [0.717, 1.165) is 35.6 Å². The van der Waals surface area contributed by atoms with E-state index in [1.807, 2.05) is 44.2 Å². The van der Waals surface area contributed by atoms with Crippen LogP contribution in [0.3, 0.4) is 0 Å². The molecule has 3 aromatic rings. The molecule has 5 rings (SSSR count). The number of carboxylic acids is 2. The highest BCUT2D eigenvalue weighted by atomic mass is 32.2. The second kappa shape index (κ2) is 17.4. The highest BCUT2D eigenvalue weighted by Gasteiger charge is 2.38. The molecule has 2 heterocycles. The predicted octanol–water partition coefficient (Wildman–Crippen LogP) is 7.78. The molecular weight excluding hydrogens is 721 g/mol. The standard InChI is InChI=1S/C42H48N4O8S/c1-21-16-22(2)37(23(3)17-21)54-42(53)33-26(6)36(34(28-12-9-8-10-13-28)35-24(4)25(5)38(45-35)43-27(7)47)46-39(33)44-32(48)14-11-15-55-31-19-29(40(49)50)18-30(20-31)41(51)52/h8-10,12-13,18-23,37,45H,11,14-17H2,1-7H3,(H,43,47)(H,49,50)(H,51,52)(H,44,46,48). The average Bonchev–Trinajstić information content (AvgIpc) is 3.58. The van der Waals surface area contributed by atoms with Crippen molar-refractivity contribution in [1.82, 2.24) is 10.3 Å². The zero-order valence-electron chi connectivity index (χ0n) is 32.2. The zero-order chi connectivity index (χ0) is 40.1. The summed E-state index contributed by atoms with van der Waals surface area (Å²) in [5, 5.41) is 24.6. The van der Waals surface area contributed by atoms with Crippen molar-refractivity contribution in [2.24, 2.45) is 22.7 Å². The number of hydrogen-bond donors (Lipinski definition) is 5. The van der Waals surface area contributed by atoms with Gasteiger partial charge in [0.25, 0.3) is 0 Å². The summed E-state index contributed by atoms with van der Waals surface area (Å²) >= 11 is 1.24. The molecule has 1 aromatic heterocycles. The zero-order valence-corrected chi connectivity index (χ0v) is 33.0. The first kappa shape index (κ1) is 40.7. The van der Waals surface area contributed by atoms with E-state index in [-0.39, 0.29) is 52.8 Å². The molecule has 2 aliphatic rings. The molecule has 1 aliphatic heterocycles. The fourth-order valence-corrected chi connectivity index (χ4v) is 8.48. The van der Waals surface area contributed by atoms with Crippen LogP contribution in [0.15, 0.2) is 75.3 Å². The van der Waals surface area contributed by atoms with Crippen LogP contribution in [0.5, 0.6) is 0 Å².